The van der Waals surface area contributed by atoms with E-state index in [9.17, 15) is 9.59 Å². The lowest BCUT2D eigenvalue weighted by molar-refractivity contribution is -0.138. The third kappa shape index (κ3) is 7.48. The quantitative estimate of drug-likeness (QED) is 0.666. The lowest BCUT2D eigenvalue weighted by atomic mass is 9.99. The number of hydrogen-bond donors (Lipinski definition) is 2. The summed E-state index contributed by atoms with van der Waals surface area (Å²) in [4.78, 5) is 24.6. The van der Waals surface area contributed by atoms with Crippen molar-refractivity contribution in [1.82, 2.24) is 10.2 Å². The molecule has 2 N–H and O–H groups in total. The number of amides is 1. The summed E-state index contributed by atoms with van der Waals surface area (Å²) >= 11 is 0. The average Bonchev–Trinajstić information content (AvgIpc) is 2.35. The van der Waals surface area contributed by atoms with Crippen molar-refractivity contribution in [2.45, 2.75) is 46.0 Å². The molecule has 5 heteroatoms. The van der Waals surface area contributed by atoms with E-state index in [0.29, 0.717) is 13.0 Å². The van der Waals surface area contributed by atoms with E-state index in [0.717, 1.165) is 18.9 Å². The summed E-state index contributed by atoms with van der Waals surface area (Å²) < 4.78 is 0. The fourth-order valence-corrected chi connectivity index (χ4v) is 2.58. The molecule has 1 unspecified atom stereocenters. The molecule has 116 valence electrons. The first-order chi connectivity index (χ1) is 9.47. The fraction of sp³-hybridized carbons (Fsp3) is 0.867. The first-order valence-electron chi connectivity index (χ1n) is 7.68. The largest absolute Gasteiger partial charge is 0.481 e. The van der Waals surface area contributed by atoms with E-state index in [-0.39, 0.29) is 18.2 Å². The molecule has 5 nitrogen and oxygen atoms in total. The summed E-state index contributed by atoms with van der Waals surface area (Å²) in [5.41, 5.74) is 0. The first kappa shape index (κ1) is 17.0. The summed E-state index contributed by atoms with van der Waals surface area (Å²) in [6.45, 7) is 8.16. The Bertz CT molecular complexity index is 312. The normalized spacial score (nSPS) is 18.7. The van der Waals surface area contributed by atoms with Gasteiger partial charge in [0, 0.05) is 19.4 Å². The standard InChI is InChI=1S/C15H28N2O3/c1-12-4-8-17(9-5-12)7-3-6-16-14(18)10-13(2)11-15(19)20/h12-13H,3-11H2,1-2H3,(H,16,18)(H,19,20). The van der Waals surface area contributed by atoms with Gasteiger partial charge in [0.25, 0.3) is 0 Å². The molecule has 0 aromatic carbocycles. The van der Waals surface area contributed by atoms with Crippen LogP contribution in [-0.2, 0) is 9.59 Å². The van der Waals surface area contributed by atoms with Crippen LogP contribution in [-0.4, -0.2) is 48.1 Å². The van der Waals surface area contributed by atoms with Gasteiger partial charge in [0.2, 0.25) is 5.91 Å². The Hall–Kier alpha value is -1.10. The number of nitrogens with one attached hydrogen (secondary N) is 1. The van der Waals surface area contributed by atoms with Gasteiger partial charge in [0.05, 0.1) is 0 Å². The van der Waals surface area contributed by atoms with Gasteiger partial charge in [-0.1, -0.05) is 13.8 Å². The van der Waals surface area contributed by atoms with E-state index in [4.69, 9.17) is 5.11 Å². The third-order valence-electron chi connectivity index (χ3n) is 3.91. The van der Waals surface area contributed by atoms with Crippen molar-refractivity contribution in [3.63, 3.8) is 0 Å². The van der Waals surface area contributed by atoms with Crippen LogP contribution in [0.3, 0.4) is 0 Å². The van der Waals surface area contributed by atoms with E-state index in [1.807, 2.05) is 0 Å². The average molecular weight is 284 g/mol. The van der Waals surface area contributed by atoms with Gasteiger partial charge in [-0.2, -0.15) is 0 Å². The maximum atomic E-state index is 11.6. The van der Waals surface area contributed by atoms with Gasteiger partial charge in [-0.25, -0.2) is 0 Å². The molecule has 0 radical (unpaired) electrons. The van der Waals surface area contributed by atoms with Crippen LogP contribution in [0.2, 0.25) is 0 Å². The Morgan fingerprint density at radius 1 is 1.30 bits per heavy atom. The predicted octanol–water partition coefficient (Wildman–Crippen LogP) is 1.73. The number of carbonyl (C=O) groups is 2. The molecule has 1 heterocycles. The van der Waals surface area contributed by atoms with Crippen LogP contribution in [0.4, 0.5) is 0 Å². The van der Waals surface area contributed by atoms with E-state index in [2.05, 4.69) is 17.1 Å². The Morgan fingerprint density at radius 2 is 1.95 bits per heavy atom. The molecule has 1 atom stereocenters. The zero-order valence-electron chi connectivity index (χ0n) is 12.7. The summed E-state index contributed by atoms with van der Waals surface area (Å²) in [5, 5.41) is 11.5. The Balaban J connectivity index is 2.03. The Morgan fingerprint density at radius 3 is 2.55 bits per heavy atom. The van der Waals surface area contributed by atoms with E-state index < -0.39 is 5.97 Å². The third-order valence-corrected chi connectivity index (χ3v) is 3.91. The highest BCUT2D eigenvalue weighted by molar-refractivity contribution is 5.77. The molecule has 1 amide bonds. The Kier molecular flexibility index (Phi) is 7.59. The van der Waals surface area contributed by atoms with Crippen molar-refractivity contribution in [3.05, 3.63) is 0 Å². The van der Waals surface area contributed by atoms with Crippen LogP contribution in [0, 0.1) is 11.8 Å². The summed E-state index contributed by atoms with van der Waals surface area (Å²) in [7, 11) is 0. The molecule has 0 aromatic heterocycles. The number of hydrogen-bond acceptors (Lipinski definition) is 3. The molecule has 0 saturated carbocycles. The predicted molar refractivity (Wildman–Crippen MR) is 78.5 cm³/mol. The second kappa shape index (κ2) is 8.95. The van der Waals surface area contributed by atoms with Crippen molar-refractivity contribution in [2.24, 2.45) is 11.8 Å². The lowest BCUT2D eigenvalue weighted by Crippen LogP contribution is -2.35. The molecule has 1 aliphatic heterocycles. The van der Waals surface area contributed by atoms with Gasteiger partial charge in [-0.15, -0.1) is 0 Å². The van der Waals surface area contributed by atoms with E-state index in [1.54, 1.807) is 6.92 Å². The van der Waals surface area contributed by atoms with Crippen molar-refractivity contribution in [2.75, 3.05) is 26.2 Å². The molecule has 0 aromatic rings. The zero-order valence-corrected chi connectivity index (χ0v) is 12.7. The highest BCUT2D eigenvalue weighted by Crippen LogP contribution is 2.15. The SMILES string of the molecule is CC1CCN(CCCNC(=O)CC(C)CC(=O)O)CC1. The smallest absolute Gasteiger partial charge is 0.303 e. The van der Waals surface area contributed by atoms with Gasteiger partial charge < -0.3 is 15.3 Å². The molecule has 1 aliphatic rings. The summed E-state index contributed by atoms with van der Waals surface area (Å²) in [6.07, 6.45) is 3.87. The zero-order chi connectivity index (χ0) is 15.0. The fourth-order valence-electron chi connectivity index (χ4n) is 2.58. The number of piperidine rings is 1. The number of carboxylic acids is 1. The van der Waals surface area contributed by atoms with E-state index in [1.165, 1.54) is 25.9 Å². The number of nitrogens with zero attached hydrogens (tertiary/aromatic N) is 1. The van der Waals surface area contributed by atoms with Gasteiger partial charge in [-0.05, 0) is 50.7 Å². The monoisotopic (exact) mass is 284 g/mol. The number of rotatable bonds is 8. The van der Waals surface area contributed by atoms with Crippen LogP contribution in [0.15, 0.2) is 0 Å². The molecular weight excluding hydrogens is 256 g/mol. The minimum atomic E-state index is -0.843. The summed E-state index contributed by atoms with van der Waals surface area (Å²) in [6, 6.07) is 0. The molecule has 20 heavy (non-hydrogen) atoms. The maximum absolute atomic E-state index is 11.6. The van der Waals surface area contributed by atoms with Gasteiger partial charge in [-0.3, -0.25) is 9.59 Å². The van der Waals surface area contributed by atoms with Crippen LogP contribution in [0.5, 0.6) is 0 Å². The first-order valence-corrected chi connectivity index (χ1v) is 7.68. The molecule has 0 spiro atoms. The number of likely N-dealkylation sites (tertiary alicyclic amines) is 1. The minimum absolute atomic E-state index is 0.0361. The van der Waals surface area contributed by atoms with Crippen molar-refractivity contribution in [1.29, 1.82) is 0 Å². The van der Waals surface area contributed by atoms with Crippen LogP contribution in [0.25, 0.3) is 0 Å². The summed E-state index contributed by atoms with van der Waals surface area (Å²) in [5.74, 6) is -0.131. The second-order valence-corrected chi connectivity index (χ2v) is 6.13. The molecule has 1 fully saturated rings. The van der Waals surface area contributed by atoms with Crippen LogP contribution in [0.1, 0.15) is 46.0 Å². The van der Waals surface area contributed by atoms with Crippen LogP contribution >= 0.6 is 0 Å². The van der Waals surface area contributed by atoms with Crippen LogP contribution < -0.4 is 5.32 Å². The van der Waals surface area contributed by atoms with E-state index >= 15 is 0 Å². The molecule has 0 aliphatic carbocycles. The van der Waals surface area contributed by atoms with Gasteiger partial charge in [0.1, 0.15) is 0 Å². The van der Waals surface area contributed by atoms with Gasteiger partial charge >= 0.3 is 5.97 Å². The molecular formula is C15H28N2O3. The Labute approximate surface area is 121 Å². The highest BCUT2D eigenvalue weighted by Gasteiger charge is 2.15. The minimum Gasteiger partial charge on any atom is -0.481 e. The lowest BCUT2D eigenvalue weighted by Gasteiger charge is -2.30. The van der Waals surface area contributed by atoms with Gasteiger partial charge in [0.15, 0.2) is 0 Å². The molecule has 0 bridgehead atoms. The number of carboxylic acid groups (broad SMARTS) is 1. The highest BCUT2D eigenvalue weighted by atomic mass is 16.4. The molecule has 1 saturated heterocycles. The maximum Gasteiger partial charge on any atom is 0.303 e. The number of aliphatic carboxylic acids is 1. The van der Waals surface area contributed by atoms with Crippen molar-refractivity contribution < 1.29 is 14.7 Å². The number of carbonyl (C=O) groups excluding carboxylic acids is 1. The van der Waals surface area contributed by atoms with Crippen molar-refractivity contribution in [3.8, 4) is 0 Å². The van der Waals surface area contributed by atoms with Crippen molar-refractivity contribution >= 4 is 11.9 Å². The topological polar surface area (TPSA) is 69.6 Å². The molecule has 1 rings (SSSR count). The second-order valence-electron chi connectivity index (χ2n) is 6.13.